The maximum atomic E-state index is 8.90. The van der Waals surface area contributed by atoms with Crippen molar-refractivity contribution in [2.45, 2.75) is 18.9 Å². The van der Waals surface area contributed by atoms with E-state index in [2.05, 4.69) is 11.4 Å². The van der Waals surface area contributed by atoms with Gasteiger partial charge in [0.1, 0.15) is 0 Å². The van der Waals surface area contributed by atoms with E-state index < -0.39 is 0 Å². The third-order valence-corrected chi connectivity index (χ3v) is 3.25. The third kappa shape index (κ3) is 4.12. The zero-order valence-electron chi connectivity index (χ0n) is 11.7. The maximum Gasteiger partial charge on any atom is 0.162 e. The Labute approximate surface area is 119 Å². The molecule has 1 aliphatic heterocycles. The highest BCUT2D eigenvalue weighted by atomic mass is 16.5. The van der Waals surface area contributed by atoms with Crippen LogP contribution in [0.4, 0.5) is 0 Å². The fraction of sp³-hybridized carbons (Fsp3) is 0.533. The van der Waals surface area contributed by atoms with Gasteiger partial charge in [-0.05, 0) is 25.0 Å². The minimum absolute atomic E-state index is 0.416. The van der Waals surface area contributed by atoms with Gasteiger partial charge in [0.15, 0.2) is 11.5 Å². The molecule has 5 nitrogen and oxygen atoms in total. The van der Waals surface area contributed by atoms with Crippen LogP contribution in [0.1, 0.15) is 18.4 Å². The number of nitrogens with one attached hydrogen (secondary N) is 1. The summed E-state index contributed by atoms with van der Waals surface area (Å²) >= 11 is 0. The largest absolute Gasteiger partial charge is 0.493 e. The standard InChI is InChI=1S/C15H20N2O3/c1-18-14-5-4-12(10-16)9-15(14)20-7-2-3-13-11-19-8-6-17-13/h4-5,9,13,17H,2-3,6-8,11H2,1H3/t13-/m0/s1. The number of rotatable bonds is 6. The molecular weight excluding hydrogens is 256 g/mol. The molecule has 5 heteroatoms. The summed E-state index contributed by atoms with van der Waals surface area (Å²) in [5.41, 5.74) is 0.572. The number of ether oxygens (including phenoxy) is 3. The molecule has 0 saturated carbocycles. The summed E-state index contributed by atoms with van der Waals surface area (Å²) < 4.78 is 16.3. The number of nitrogens with zero attached hydrogens (tertiary/aromatic N) is 1. The third-order valence-electron chi connectivity index (χ3n) is 3.25. The van der Waals surface area contributed by atoms with Crippen LogP contribution in [0.15, 0.2) is 18.2 Å². The van der Waals surface area contributed by atoms with Gasteiger partial charge in [-0.3, -0.25) is 0 Å². The van der Waals surface area contributed by atoms with E-state index in [-0.39, 0.29) is 0 Å². The van der Waals surface area contributed by atoms with Crippen LogP contribution < -0.4 is 14.8 Å². The normalized spacial score (nSPS) is 18.3. The van der Waals surface area contributed by atoms with Crippen molar-refractivity contribution >= 4 is 0 Å². The minimum atomic E-state index is 0.416. The van der Waals surface area contributed by atoms with Gasteiger partial charge in [0.05, 0.1) is 38.6 Å². The van der Waals surface area contributed by atoms with Crippen molar-refractivity contribution in [1.82, 2.24) is 5.32 Å². The highest BCUT2D eigenvalue weighted by Crippen LogP contribution is 2.28. The van der Waals surface area contributed by atoms with Crippen LogP contribution >= 0.6 is 0 Å². The molecule has 2 rings (SSSR count). The zero-order valence-corrected chi connectivity index (χ0v) is 11.7. The Balaban J connectivity index is 1.79. The van der Waals surface area contributed by atoms with Crippen molar-refractivity contribution < 1.29 is 14.2 Å². The fourth-order valence-electron chi connectivity index (χ4n) is 2.18. The predicted octanol–water partition coefficient (Wildman–Crippen LogP) is 1.71. The van der Waals surface area contributed by atoms with Gasteiger partial charge in [0, 0.05) is 18.7 Å². The Bertz CT molecular complexity index is 465. The molecule has 1 aliphatic rings. The van der Waals surface area contributed by atoms with Crippen molar-refractivity contribution in [2.24, 2.45) is 0 Å². The van der Waals surface area contributed by atoms with Crippen molar-refractivity contribution in [2.75, 3.05) is 33.5 Å². The number of nitriles is 1. The van der Waals surface area contributed by atoms with Crippen LogP contribution in [-0.2, 0) is 4.74 Å². The Morgan fingerprint density at radius 3 is 3.05 bits per heavy atom. The number of hydrogen-bond donors (Lipinski definition) is 1. The van der Waals surface area contributed by atoms with E-state index in [1.807, 2.05) is 0 Å². The first kappa shape index (κ1) is 14.6. The molecule has 20 heavy (non-hydrogen) atoms. The number of morpholine rings is 1. The van der Waals surface area contributed by atoms with Gasteiger partial charge < -0.3 is 19.5 Å². The number of hydrogen-bond acceptors (Lipinski definition) is 5. The summed E-state index contributed by atoms with van der Waals surface area (Å²) in [7, 11) is 1.59. The molecule has 1 fully saturated rings. The highest BCUT2D eigenvalue weighted by Gasteiger charge is 2.12. The van der Waals surface area contributed by atoms with Crippen molar-refractivity contribution in [3.63, 3.8) is 0 Å². The molecule has 108 valence electrons. The molecule has 1 aromatic carbocycles. The molecule has 0 radical (unpaired) electrons. The lowest BCUT2D eigenvalue weighted by atomic mass is 10.1. The van der Waals surface area contributed by atoms with Crippen molar-refractivity contribution in [1.29, 1.82) is 5.26 Å². The average Bonchev–Trinajstić information content (AvgIpc) is 2.52. The lowest BCUT2D eigenvalue weighted by Crippen LogP contribution is -2.41. The molecule has 0 bridgehead atoms. The summed E-state index contributed by atoms with van der Waals surface area (Å²) in [6, 6.07) is 7.70. The van der Waals surface area contributed by atoms with Gasteiger partial charge >= 0.3 is 0 Å². The molecule has 1 heterocycles. The molecule has 1 saturated heterocycles. The van der Waals surface area contributed by atoms with E-state index in [9.17, 15) is 0 Å². The fourth-order valence-corrected chi connectivity index (χ4v) is 2.18. The summed E-state index contributed by atoms with van der Waals surface area (Å²) in [5.74, 6) is 1.28. The topological polar surface area (TPSA) is 63.5 Å². The van der Waals surface area contributed by atoms with E-state index in [1.165, 1.54) is 0 Å². The Kier molecular flexibility index (Phi) is 5.66. The summed E-state index contributed by atoms with van der Waals surface area (Å²) in [5, 5.41) is 12.3. The SMILES string of the molecule is COc1ccc(C#N)cc1OCCC[C@H]1COCCN1. The van der Waals surface area contributed by atoms with E-state index in [4.69, 9.17) is 19.5 Å². The Morgan fingerprint density at radius 2 is 2.35 bits per heavy atom. The second kappa shape index (κ2) is 7.73. The second-order valence-electron chi connectivity index (χ2n) is 4.69. The quantitative estimate of drug-likeness (QED) is 0.801. The smallest absolute Gasteiger partial charge is 0.162 e. The lowest BCUT2D eigenvalue weighted by Gasteiger charge is -2.23. The van der Waals surface area contributed by atoms with Gasteiger partial charge in [-0.2, -0.15) is 5.26 Å². The van der Waals surface area contributed by atoms with E-state index in [0.717, 1.165) is 32.6 Å². The first-order chi connectivity index (χ1) is 9.83. The van der Waals surface area contributed by atoms with Crippen LogP contribution in [0.25, 0.3) is 0 Å². The minimum Gasteiger partial charge on any atom is -0.493 e. The second-order valence-corrected chi connectivity index (χ2v) is 4.69. The zero-order chi connectivity index (χ0) is 14.2. The molecule has 1 aromatic rings. The Hall–Kier alpha value is -1.77. The van der Waals surface area contributed by atoms with Gasteiger partial charge in [0.2, 0.25) is 0 Å². The van der Waals surface area contributed by atoms with Gasteiger partial charge in [0.25, 0.3) is 0 Å². The summed E-state index contributed by atoms with van der Waals surface area (Å²) in [6.07, 6.45) is 1.95. The molecule has 0 aromatic heterocycles. The maximum absolute atomic E-state index is 8.90. The van der Waals surface area contributed by atoms with Gasteiger partial charge in [-0.15, -0.1) is 0 Å². The van der Waals surface area contributed by atoms with Crippen molar-refractivity contribution in [3.05, 3.63) is 23.8 Å². The van der Waals surface area contributed by atoms with E-state index >= 15 is 0 Å². The molecular formula is C15H20N2O3. The van der Waals surface area contributed by atoms with E-state index in [1.54, 1.807) is 25.3 Å². The first-order valence-electron chi connectivity index (χ1n) is 6.85. The molecule has 1 atom stereocenters. The Morgan fingerprint density at radius 1 is 1.45 bits per heavy atom. The van der Waals surface area contributed by atoms with Gasteiger partial charge in [-0.25, -0.2) is 0 Å². The van der Waals surface area contributed by atoms with Crippen LogP contribution in [0.5, 0.6) is 11.5 Å². The molecule has 0 unspecified atom stereocenters. The van der Waals surface area contributed by atoms with Crippen LogP contribution in [0.3, 0.4) is 0 Å². The number of methoxy groups -OCH3 is 1. The van der Waals surface area contributed by atoms with Crippen LogP contribution in [0.2, 0.25) is 0 Å². The van der Waals surface area contributed by atoms with Crippen LogP contribution in [-0.4, -0.2) is 39.5 Å². The van der Waals surface area contributed by atoms with Gasteiger partial charge in [-0.1, -0.05) is 0 Å². The van der Waals surface area contributed by atoms with Crippen molar-refractivity contribution in [3.8, 4) is 17.6 Å². The number of benzene rings is 1. The highest BCUT2D eigenvalue weighted by molar-refractivity contribution is 5.46. The molecule has 0 amide bonds. The first-order valence-corrected chi connectivity index (χ1v) is 6.85. The summed E-state index contributed by atoms with van der Waals surface area (Å²) in [6.45, 7) is 3.09. The lowest BCUT2D eigenvalue weighted by molar-refractivity contribution is 0.0721. The molecule has 1 N–H and O–H groups in total. The molecule has 0 aliphatic carbocycles. The molecule has 0 spiro atoms. The average molecular weight is 276 g/mol. The van der Waals surface area contributed by atoms with Crippen LogP contribution in [0, 0.1) is 11.3 Å². The monoisotopic (exact) mass is 276 g/mol. The summed E-state index contributed by atoms with van der Waals surface area (Å²) in [4.78, 5) is 0. The van der Waals surface area contributed by atoms with E-state index in [0.29, 0.717) is 29.7 Å². The predicted molar refractivity (Wildman–Crippen MR) is 75.0 cm³/mol.